The molecular weight excluding hydrogens is 564 g/mol. The lowest BCUT2D eigenvalue weighted by Gasteiger charge is -2.71. The van der Waals surface area contributed by atoms with Crippen LogP contribution in [0.3, 0.4) is 0 Å². The second-order valence-corrected chi connectivity index (χ2v) is 17.5. The summed E-state index contributed by atoms with van der Waals surface area (Å²) in [5.41, 5.74) is 1.59. The van der Waals surface area contributed by atoms with Gasteiger partial charge >= 0.3 is 11.9 Å². The number of aliphatic carboxylic acids is 1. The lowest BCUT2D eigenvalue weighted by atomic mass is 9.33. The molecule has 1 aromatic carbocycles. The van der Waals surface area contributed by atoms with Gasteiger partial charge in [-0.3, -0.25) is 4.79 Å². The van der Waals surface area contributed by atoms with Crippen molar-refractivity contribution in [2.24, 2.45) is 50.2 Å². The summed E-state index contributed by atoms with van der Waals surface area (Å²) in [6.07, 6.45) is 14.8. The largest absolute Gasteiger partial charge is 0.504 e. The maximum Gasteiger partial charge on any atom is 0.331 e. The molecule has 0 bridgehead atoms. The second-order valence-electron chi connectivity index (χ2n) is 17.5. The normalized spacial score (nSPS) is 41.5. The van der Waals surface area contributed by atoms with Crippen LogP contribution in [0.4, 0.5) is 0 Å². The number of phenols is 2. The molecule has 6 nitrogen and oxygen atoms in total. The Balaban J connectivity index is 1.25. The van der Waals surface area contributed by atoms with E-state index in [0.717, 1.165) is 64.2 Å². The molecule has 0 spiro atoms. The van der Waals surface area contributed by atoms with E-state index < -0.39 is 11.4 Å². The van der Waals surface area contributed by atoms with Crippen molar-refractivity contribution in [2.75, 3.05) is 0 Å². The first-order valence-electron chi connectivity index (χ1n) is 17.2. The summed E-state index contributed by atoms with van der Waals surface area (Å²) in [6.45, 7) is 16.8. The number of carbonyl (C=O) groups is 2. The quantitative estimate of drug-likeness (QED) is 0.135. The van der Waals surface area contributed by atoms with E-state index in [1.165, 1.54) is 23.8 Å². The van der Waals surface area contributed by atoms with Crippen molar-refractivity contribution in [3.63, 3.8) is 0 Å². The first-order valence-corrected chi connectivity index (χ1v) is 17.2. The van der Waals surface area contributed by atoms with Crippen molar-refractivity contribution < 1.29 is 29.6 Å². The summed E-state index contributed by atoms with van der Waals surface area (Å²) in [6, 6.07) is 4.46. The van der Waals surface area contributed by atoms with Crippen LogP contribution in [0.25, 0.3) is 6.08 Å². The van der Waals surface area contributed by atoms with E-state index in [1.807, 2.05) is 0 Å². The Labute approximate surface area is 269 Å². The van der Waals surface area contributed by atoms with E-state index in [1.54, 1.807) is 12.1 Å². The minimum atomic E-state index is -0.619. The van der Waals surface area contributed by atoms with Gasteiger partial charge < -0.3 is 20.1 Å². The Morgan fingerprint density at radius 3 is 2.27 bits per heavy atom. The maximum absolute atomic E-state index is 13.0. The predicted molar refractivity (Wildman–Crippen MR) is 175 cm³/mol. The van der Waals surface area contributed by atoms with Crippen molar-refractivity contribution >= 4 is 18.0 Å². The molecule has 0 amide bonds. The number of esters is 1. The minimum Gasteiger partial charge on any atom is -0.504 e. The number of ether oxygens (including phenoxy) is 1. The third kappa shape index (κ3) is 4.70. The van der Waals surface area contributed by atoms with Crippen LogP contribution in [0.1, 0.15) is 118 Å². The van der Waals surface area contributed by atoms with Crippen LogP contribution < -0.4 is 0 Å². The highest BCUT2D eigenvalue weighted by molar-refractivity contribution is 5.87. The van der Waals surface area contributed by atoms with Gasteiger partial charge in [0.1, 0.15) is 6.10 Å². The summed E-state index contributed by atoms with van der Waals surface area (Å²) in [5.74, 6) is -0.379. The van der Waals surface area contributed by atoms with Gasteiger partial charge in [-0.25, -0.2) is 4.79 Å². The molecule has 6 heteroatoms. The fourth-order valence-electron chi connectivity index (χ4n) is 11.8. The number of carbonyl (C=O) groups excluding carboxylic acids is 1. The Hall–Kier alpha value is -2.76. The molecule has 4 fully saturated rings. The standard InChI is InChI=1S/C39H54O6/c1-34(2)18-20-39(33(43)44)21-19-37(6)25(26(39)23-34)10-12-30-36(5)16-15-31(35(3,4)29(36)14-17-38(30,37)7)45-32(42)13-9-24-8-11-27(40)28(41)22-24/h8-11,13,22,26,29-31,40-41H,12,14-21,23H2,1-7H3,(H,43,44)/b13-9+/t26-,29-,30+,31-,36-,37+,38+,39-/m1/s1. The molecule has 0 saturated heterocycles. The topological polar surface area (TPSA) is 104 Å². The fourth-order valence-corrected chi connectivity index (χ4v) is 11.8. The Kier molecular flexibility index (Phi) is 7.42. The van der Waals surface area contributed by atoms with E-state index in [9.17, 15) is 24.9 Å². The number of benzene rings is 1. The zero-order valence-corrected chi connectivity index (χ0v) is 28.4. The van der Waals surface area contributed by atoms with E-state index in [4.69, 9.17) is 4.74 Å². The van der Waals surface area contributed by atoms with Crippen LogP contribution in [0, 0.1) is 50.2 Å². The number of fused-ring (bicyclic) bond motifs is 7. The summed E-state index contributed by atoms with van der Waals surface area (Å²) in [5, 5.41) is 30.0. The number of allylic oxidation sites excluding steroid dienone is 2. The lowest BCUT2D eigenvalue weighted by molar-refractivity contribution is -0.212. The van der Waals surface area contributed by atoms with Gasteiger partial charge in [-0.15, -0.1) is 0 Å². The summed E-state index contributed by atoms with van der Waals surface area (Å²) >= 11 is 0. The van der Waals surface area contributed by atoms with Gasteiger partial charge in [0.2, 0.25) is 0 Å². The molecule has 3 N–H and O–H groups in total. The molecule has 0 radical (unpaired) electrons. The maximum atomic E-state index is 13.0. The number of carboxylic acid groups (broad SMARTS) is 1. The molecule has 45 heavy (non-hydrogen) atoms. The van der Waals surface area contributed by atoms with Crippen molar-refractivity contribution in [3.05, 3.63) is 41.5 Å². The first-order chi connectivity index (χ1) is 20.9. The zero-order valence-electron chi connectivity index (χ0n) is 28.4. The zero-order chi connectivity index (χ0) is 32.8. The average Bonchev–Trinajstić information content (AvgIpc) is 2.95. The van der Waals surface area contributed by atoms with Crippen LogP contribution in [0.15, 0.2) is 35.9 Å². The fraction of sp³-hybridized carbons (Fsp3) is 0.692. The third-order valence-corrected chi connectivity index (χ3v) is 14.7. The van der Waals surface area contributed by atoms with Gasteiger partial charge in [0, 0.05) is 11.5 Å². The molecule has 5 aliphatic carbocycles. The average molecular weight is 619 g/mol. The SMILES string of the molecule is CC1(C)CC[C@@]2(C(=O)O)CC[C@@]3(C)C(=CC[C@H]4[C@]5(C)CC[C@@H](OC(=O)/C=C/c6ccc(O)c(O)c6)C(C)(C)[C@H]5CC[C@@]43C)[C@H]2C1. The molecular formula is C39H54O6. The molecule has 8 atom stereocenters. The molecule has 0 heterocycles. The van der Waals surface area contributed by atoms with Crippen LogP contribution in [0.5, 0.6) is 11.5 Å². The third-order valence-electron chi connectivity index (χ3n) is 14.7. The lowest BCUT2D eigenvalue weighted by Crippen LogP contribution is -2.65. The van der Waals surface area contributed by atoms with Gasteiger partial charge in [-0.2, -0.15) is 0 Å². The molecule has 1 aromatic rings. The van der Waals surface area contributed by atoms with Gasteiger partial charge in [0.05, 0.1) is 5.41 Å². The molecule has 0 aliphatic heterocycles. The van der Waals surface area contributed by atoms with Crippen LogP contribution in [-0.4, -0.2) is 33.4 Å². The molecule has 5 aliphatic rings. The number of aromatic hydroxyl groups is 2. The highest BCUT2D eigenvalue weighted by Crippen LogP contribution is 2.75. The van der Waals surface area contributed by atoms with Crippen LogP contribution in [-0.2, 0) is 14.3 Å². The van der Waals surface area contributed by atoms with Gasteiger partial charge in [-0.05, 0) is 127 Å². The van der Waals surface area contributed by atoms with Gasteiger partial charge in [-0.1, -0.05) is 66.2 Å². The number of carboxylic acids is 1. The molecule has 6 rings (SSSR count). The van der Waals surface area contributed by atoms with Gasteiger partial charge in [0.15, 0.2) is 11.5 Å². The Bertz CT molecular complexity index is 1450. The predicted octanol–water partition coefficient (Wildman–Crippen LogP) is 8.91. The van der Waals surface area contributed by atoms with Crippen molar-refractivity contribution in [2.45, 2.75) is 119 Å². The summed E-state index contributed by atoms with van der Waals surface area (Å²) in [4.78, 5) is 25.9. The number of hydrogen-bond acceptors (Lipinski definition) is 5. The second kappa shape index (κ2) is 10.4. The molecule has 0 aromatic heterocycles. The van der Waals surface area contributed by atoms with Crippen molar-refractivity contribution in [1.29, 1.82) is 0 Å². The molecule has 0 unspecified atom stereocenters. The van der Waals surface area contributed by atoms with E-state index in [0.29, 0.717) is 17.4 Å². The van der Waals surface area contributed by atoms with E-state index in [-0.39, 0.29) is 56.6 Å². The molecule has 246 valence electrons. The van der Waals surface area contributed by atoms with Crippen molar-refractivity contribution in [1.82, 2.24) is 0 Å². The van der Waals surface area contributed by atoms with Gasteiger partial charge in [0.25, 0.3) is 0 Å². The van der Waals surface area contributed by atoms with Crippen molar-refractivity contribution in [3.8, 4) is 11.5 Å². The number of rotatable bonds is 4. The monoisotopic (exact) mass is 618 g/mol. The highest BCUT2D eigenvalue weighted by Gasteiger charge is 2.69. The number of hydrogen-bond donors (Lipinski definition) is 3. The first kappa shape index (κ1) is 32.2. The highest BCUT2D eigenvalue weighted by atomic mass is 16.5. The number of phenolic OH excluding ortho intramolecular Hbond substituents is 2. The van der Waals surface area contributed by atoms with Crippen LogP contribution >= 0.6 is 0 Å². The van der Waals surface area contributed by atoms with E-state index in [2.05, 4.69) is 54.5 Å². The summed E-state index contributed by atoms with van der Waals surface area (Å²) in [7, 11) is 0. The Morgan fingerprint density at radius 2 is 1.58 bits per heavy atom. The minimum absolute atomic E-state index is 0.0121. The van der Waals surface area contributed by atoms with E-state index >= 15 is 0 Å². The summed E-state index contributed by atoms with van der Waals surface area (Å²) < 4.78 is 6.15. The molecule has 4 saturated carbocycles. The smallest absolute Gasteiger partial charge is 0.331 e. The Morgan fingerprint density at radius 1 is 0.867 bits per heavy atom. The van der Waals surface area contributed by atoms with Crippen LogP contribution in [0.2, 0.25) is 0 Å².